The average Bonchev–Trinajstić information content (AvgIpc) is 3.36. The zero-order valence-corrected chi connectivity index (χ0v) is 21.3. The maximum absolute atomic E-state index is 13.9. The van der Waals surface area contributed by atoms with Crippen molar-refractivity contribution < 1.29 is 23.8 Å². The zero-order chi connectivity index (χ0) is 25.9. The molecule has 4 unspecified atom stereocenters. The third-order valence-electron chi connectivity index (χ3n) is 6.57. The van der Waals surface area contributed by atoms with E-state index in [4.69, 9.17) is 9.47 Å². The molecule has 2 heterocycles. The van der Waals surface area contributed by atoms with Crippen LogP contribution in [0.2, 0.25) is 0 Å². The van der Waals surface area contributed by atoms with Crippen molar-refractivity contribution in [3.63, 3.8) is 0 Å². The minimum absolute atomic E-state index is 0.123. The van der Waals surface area contributed by atoms with Crippen molar-refractivity contribution in [3.8, 4) is 0 Å². The highest BCUT2D eigenvalue weighted by molar-refractivity contribution is 5.84. The summed E-state index contributed by atoms with van der Waals surface area (Å²) in [7, 11) is 0. The fraction of sp³-hybridized carbons (Fsp3) is 0.464. The second kappa shape index (κ2) is 11.0. The van der Waals surface area contributed by atoms with Crippen molar-refractivity contribution in [1.29, 1.82) is 0 Å². The van der Waals surface area contributed by atoms with Gasteiger partial charge in [0.2, 0.25) is 0 Å². The SMILES string of the molecule is CC1CN(C(=O)OC(C)(C)C)C(C(CNCOCc2ccccc2)c2c[nH]c3cc(F)ccc23)C1O. The maximum Gasteiger partial charge on any atom is 0.410 e. The van der Waals surface area contributed by atoms with Gasteiger partial charge < -0.3 is 24.5 Å². The van der Waals surface area contributed by atoms with Crippen molar-refractivity contribution in [2.75, 3.05) is 19.8 Å². The first-order valence-electron chi connectivity index (χ1n) is 12.4. The highest BCUT2D eigenvalue weighted by Crippen LogP contribution is 2.38. The number of benzene rings is 2. The summed E-state index contributed by atoms with van der Waals surface area (Å²) in [6, 6.07) is 14.0. The standard InChI is InChI=1S/C28H36FN3O4/c1-18-15-32(27(34)36-28(2,3)4)25(26(18)33)23(13-30-17-35-16-19-8-6-5-7-9-19)22-14-31-24-12-20(29)10-11-21(22)24/h5-12,14,18,23,25-26,30-31,33H,13,15-17H2,1-4H3. The number of aromatic amines is 1. The van der Waals surface area contributed by atoms with Crippen molar-refractivity contribution in [2.45, 2.75) is 58.0 Å². The first-order valence-corrected chi connectivity index (χ1v) is 12.4. The van der Waals surface area contributed by atoms with E-state index in [1.807, 2.05) is 64.2 Å². The Hall–Kier alpha value is -2.94. The number of nitrogens with zero attached hydrogens (tertiary/aromatic N) is 1. The van der Waals surface area contributed by atoms with Crippen molar-refractivity contribution >= 4 is 17.0 Å². The normalized spacial score (nSPS) is 21.2. The molecule has 4 rings (SSSR count). The van der Waals surface area contributed by atoms with E-state index >= 15 is 0 Å². The Kier molecular flexibility index (Phi) is 7.97. The molecule has 194 valence electrons. The van der Waals surface area contributed by atoms with Crippen molar-refractivity contribution in [1.82, 2.24) is 15.2 Å². The molecule has 0 saturated carbocycles. The van der Waals surface area contributed by atoms with Crippen molar-refractivity contribution in [2.24, 2.45) is 5.92 Å². The Labute approximate surface area is 211 Å². The highest BCUT2D eigenvalue weighted by Gasteiger charge is 2.47. The lowest BCUT2D eigenvalue weighted by atomic mass is 9.86. The Balaban J connectivity index is 1.58. The highest BCUT2D eigenvalue weighted by atomic mass is 19.1. The van der Waals surface area contributed by atoms with Crippen LogP contribution in [0.1, 0.15) is 44.7 Å². The molecule has 3 aromatic rings. The van der Waals surface area contributed by atoms with Crippen molar-refractivity contribution in [3.05, 3.63) is 71.7 Å². The first kappa shape index (κ1) is 26.1. The number of ether oxygens (including phenoxy) is 2. The molecule has 8 heteroatoms. The number of nitrogens with one attached hydrogen (secondary N) is 2. The first-order chi connectivity index (χ1) is 17.1. The van der Waals surface area contributed by atoms with Gasteiger partial charge in [-0.1, -0.05) is 37.3 Å². The smallest absolute Gasteiger partial charge is 0.410 e. The summed E-state index contributed by atoms with van der Waals surface area (Å²) in [5.74, 6) is -0.746. The molecule has 2 aromatic carbocycles. The van der Waals surface area contributed by atoms with Gasteiger partial charge in [-0.05, 0) is 50.1 Å². The second-order valence-electron chi connectivity index (χ2n) is 10.6. The molecule has 3 N–H and O–H groups in total. The van der Waals surface area contributed by atoms with Crippen LogP contribution in [-0.4, -0.2) is 58.7 Å². The van der Waals surface area contributed by atoms with Gasteiger partial charge in [0.25, 0.3) is 0 Å². The number of aliphatic hydroxyl groups excluding tert-OH is 1. The summed E-state index contributed by atoms with van der Waals surface area (Å²) >= 11 is 0. The van der Waals surface area contributed by atoms with Crippen LogP contribution in [0.5, 0.6) is 0 Å². The predicted molar refractivity (Wildman–Crippen MR) is 137 cm³/mol. The van der Waals surface area contributed by atoms with E-state index in [0.29, 0.717) is 31.9 Å². The average molecular weight is 498 g/mol. The molecule has 1 aliphatic heterocycles. The molecule has 36 heavy (non-hydrogen) atoms. The number of hydrogen-bond donors (Lipinski definition) is 3. The molecule has 1 aromatic heterocycles. The summed E-state index contributed by atoms with van der Waals surface area (Å²) in [5.41, 5.74) is 1.98. The van der Waals surface area contributed by atoms with Crippen LogP contribution < -0.4 is 5.32 Å². The van der Waals surface area contributed by atoms with Gasteiger partial charge in [-0.2, -0.15) is 0 Å². The van der Waals surface area contributed by atoms with E-state index in [1.165, 1.54) is 12.1 Å². The molecular formula is C28H36FN3O4. The van der Waals surface area contributed by atoms with Gasteiger partial charge in [0.1, 0.15) is 11.4 Å². The quantitative estimate of drug-likeness (QED) is 0.308. The number of aliphatic hydroxyl groups is 1. The van der Waals surface area contributed by atoms with Crippen LogP contribution in [0.3, 0.4) is 0 Å². The van der Waals surface area contributed by atoms with E-state index in [9.17, 15) is 14.3 Å². The third-order valence-corrected chi connectivity index (χ3v) is 6.57. The lowest BCUT2D eigenvalue weighted by Gasteiger charge is -2.34. The van der Waals surface area contributed by atoms with Gasteiger partial charge in [-0.3, -0.25) is 5.32 Å². The van der Waals surface area contributed by atoms with E-state index in [2.05, 4.69) is 10.3 Å². The minimum Gasteiger partial charge on any atom is -0.444 e. The van der Waals surface area contributed by atoms with Crippen LogP contribution >= 0.6 is 0 Å². The fourth-order valence-corrected chi connectivity index (χ4v) is 4.91. The Morgan fingerprint density at radius 3 is 2.72 bits per heavy atom. The maximum atomic E-state index is 13.9. The number of likely N-dealkylation sites (tertiary alicyclic amines) is 1. The molecular weight excluding hydrogens is 461 g/mol. The lowest BCUT2D eigenvalue weighted by molar-refractivity contribution is 0.0106. The predicted octanol–water partition coefficient (Wildman–Crippen LogP) is 4.77. The van der Waals surface area contributed by atoms with Crippen LogP contribution in [0.25, 0.3) is 10.9 Å². The van der Waals surface area contributed by atoms with Gasteiger partial charge in [0, 0.05) is 42.0 Å². The Bertz CT molecular complexity index is 1160. The number of fused-ring (bicyclic) bond motifs is 1. The van der Waals surface area contributed by atoms with Crippen LogP contribution in [0.4, 0.5) is 9.18 Å². The number of halogens is 1. The minimum atomic E-state index is -0.750. The Morgan fingerprint density at radius 2 is 2.00 bits per heavy atom. The molecule has 0 bridgehead atoms. The number of carbonyl (C=O) groups excluding carboxylic acids is 1. The van der Waals surface area contributed by atoms with E-state index < -0.39 is 23.8 Å². The largest absolute Gasteiger partial charge is 0.444 e. The molecule has 0 aliphatic carbocycles. The zero-order valence-electron chi connectivity index (χ0n) is 21.3. The molecule has 0 spiro atoms. The summed E-state index contributed by atoms with van der Waals surface area (Å²) < 4.78 is 25.3. The molecule has 4 atom stereocenters. The molecule has 1 amide bonds. The van der Waals surface area contributed by atoms with Gasteiger partial charge in [0.15, 0.2) is 0 Å². The summed E-state index contributed by atoms with van der Waals surface area (Å²) in [6.45, 7) is 9.00. The summed E-state index contributed by atoms with van der Waals surface area (Å²) in [4.78, 5) is 18.0. The molecule has 0 radical (unpaired) electrons. The summed E-state index contributed by atoms with van der Waals surface area (Å²) in [5, 5.41) is 15.4. The molecule has 1 aliphatic rings. The van der Waals surface area contributed by atoms with Gasteiger partial charge in [-0.25, -0.2) is 9.18 Å². The van der Waals surface area contributed by atoms with Gasteiger partial charge in [-0.15, -0.1) is 0 Å². The monoisotopic (exact) mass is 497 g/mol. The van der Waals surface area contributed by atoms with Crippen LogP contribution in [-0.2, 0) is 16.1 Å². The van der Waals surface area contributed by atoms with Gasteiger partial charge in [0.05, 0.1) is 25.5 Å². The Morgan fingerprint density at radius 1 is 1.25 bits per heavy atom. The number of carbonyl (C=O) groups is 1. The number of aromatic nitrogens is 1. The second-order valence-corrected chi connectivity index (χ2v) is 10.6. The summed E-state index contributed by atoms with van der Waals surface area (Å²) in [6.07, 6.45) is 0.636. The molecule has 7 nitrogen and oxygen atoms in total. The van der Waals surface area contributed by atoms with E-state index in [0.717, 1.165) is 16.5 Å². The number of rotatable bonds is 8. The fourth-order valence-electron chi connectivity index (χ4n) is 4.91. The number of amides is 1. The third kappa shape index (κ3) is 6.06. The number of H-pyrrole nitrogens is 1. The molecule has 1 fully saturated rings. The van der Waals surface area contributed by atoms with Crippen LogP contribution in [0, 0.1) is 11.7 Å². The van der Waals surface area contributed by atoms with Gasteiger partial charge >= 0.3 is 6.09 Å². The van der Waals surface area contributed by atoms with E-state index in [-0.39, 0.29) is 17.7 Å². The van der Waals surface area contributed by atoms with Crippen LogP contribution in [0.15, 0.2) is 54.7 Å². The number of hydrogen-bond acceptors (Lipinski definition) is 5. The van der Waals surface area contributed by atoms with E-state index in [1.54, 1.807) is 11.0 Å². The topological polar surface area (TPSA) is 86.8 Å². The molecule has 1 saturated heterocycles. The lowest BCUT2D eigenvalue weighted by Crippen LogP contribution is -2.48.